The smallest absolute Gasteiger partial charge is 0.123 e. The van der Waals surface area contributed by atoms with Crippen LogP contribution in [0.25, 0.3) is 0 Å². The topological polar surface area (TPSA) is 12.0 Å². The van der Waals surface area contributed by atoms with E-state index in [4.69, 9.17) is 11.6 Å². The monoisotopic (exact) mass is 263 g/mol. The second kappa shape index (κ2) is 5.40. The highest BCUT2D eigenvalue weighted by molar-refractivity contribution is 6.31. The Kier molecular flexibility index (Phi) is 3.87. The third-order valence-corrected chi connectivity index (χ3v) is 3.31. The van der Waals surface area contributed by atoms with Crippen LogP contribution < -0.4 is 5.32 Å². The molecule has 1 nitrogen and oxygen atoms in total. The van der Waals surface area contributed by atoms with Gasteiger partial charge < -0.3 is 5.32 Å². The van der Waals surface area contributed by atoms with Gasteiger partial charge in [-0.1, -0.05) is 29.8 Å². The normalized spacial score (nSPS) is 10.4. The molecule has 0 radical (unpaired) electrons. The van der Waals surface area contributed by atoms with Crippen LogP contribution in [-0.4, -0.2) is 0 Å². The Morgan fingerprint density at radius 3 is 2.44 bits per heavy atom. The van der Waals surface area contributed by atoms with Crippen LogP contribution in [0.4, 0.5) is 10.1 Å². The molecule has 0 unspecified atom stereocenters. The number of hydrogen-bond donors (Lipinski definition) is 1. The maximum Gasteiger partial charge on any atom is 0.123 e. The molecule has 0 aromatic heterocycles. The van der Waals surface area contributed by atoms with Crippen molar-refractivity contribution >= 4 is 17.3 Å². The minimum absolute atomic E-state index is 0.266. The lowest BCUT2D eigenvalue weighted by Crippen LogP contribution is -2.03. The molecule has 2 aromatic rings. The van der Waals surface area contributed by atoms with E-state index in [1.165, 1.54) is 23.3 Å². The predicted molar refractivity (Wildman–Crippen MR) is 74.7 cm³/mol. The maximum absolute atomic E-state index is 13.1. The van der Waals surface area contributed by atoms with Gasteiger partial charge in [0.2, 0.25) is 0 Å². The molecule has 0 bridgehead atoms. The van der Waals surface area contributed by atoms with Crippen LogP contribution in [0.15, 0.2) is 36.4 Å². The number of benzene rings is 2. The zero-order valence-electron chi connectivity index (χ0n) is 10.4. The average molecular weight is 264 g/mol. The fraction of sp³-hybridized carbons (Fsp3) is 0.200. The lowest BCUT2D eigenvalue weighted by molar-refractivity contribution is 0.626. The van der Waals surface area contributed by atoms with Crippen molar-refractivity contribution in [2.45, 2.75) is 20.4 Å². The lowest BCUT2D eigenvalue weighted by Gasteiger charge is -2.13. The van der Waals surface area contributed by atoms with Crippen LogP contribution in [-0.2, 0) is 6.54 Å². The van der Waals surface area contributed by atoms with Gasteiger partial charge in [-0.15, -0.1) is 0 Å². The summed E-state index contributed by atoms with van der Waals surface area (Å²) in [6.07, 6.45) is 0. The summed E-state index contributed by atoms with van der Waals surface area (Å²) in [5, 5.41) is 3.89. The summed E-state index contributed by atoms with van der Waals surface area (Å²) in [4.78, 5) is 0. The van der Waals surface area contributed by atoms with E-state index in [2.05, 4.69) is 5.32 Å². The number of anilines is 1. The molecular weight excluding hydrogens is 249 g/mol. The lowest BCUT2D eigenvalue weighted by atomic mass is 10.1. The van der Waals surface area contributed by atoms with E-state index in [0.717, 1.165) is 11.3 Å². The summed E-state index contributed by atoms with van der Waals surface area (Å²) in [5.74, 6) is -0.266. The Hall–Kier alpha value is -1.54. The van der Waals surface area contributed by atoms with Crippen molar-refractivity contribution in [1.29, 1.82) is 0 Å². The Bertz CT molecular complexity index is 546. The van der Waals surface area contributed by atoms with Crippen molar-refractivity contribution < 1.29 is 4.39 Å². The molecule has 0 amide bonds. The Labute approximate surface area is 112 Å². The highest BCUT2D eigenvalue weighted by atomic mass is 35.5. The molecule has 1 N–H and O–H groups in total. The molecule has 94 valence electrons. The number of aryl methyl sites for hydroxylation is 2. The third-order valence-electron chi connectivity index (χ3n) is 2.94. The Morgan fingerprint density at radius 1 is 1.11 bits per heavy atom. The van der Waals surface area contributed by atoms with E-state index >= 15 is 0 Å². The van der Waals surface area contributed by atoms with E-state index in [0.29, 0.717) is 11.6 Å². The Morgan fingerprint density at radius 2 is 1.78 bits per heavy atom. The number of rotatable bonds is 3. The molecule has 0 atom stereocenters. The first-order chi connectivity index (χ1) is 8.58. The van der Waals surface area contributed by atoms with Gasteiger partial charge in [-0.25, -0.2) is 4.39 Å². The van der Waals surface area contributed by atoms with Crippen molar-refractivity contribution in [2.75, 3.05) is 5.32 Å². The number of hydrogen-bond acceptors (Lipinski definition) is 1. The standard InChI is InChI=1S/C15H15ClFN/c1-10-4-3-5-11(2)15(10)18-9-12-8-13(17)6-7-14(12)16/h3-8,18H,9H2,1-2H3. The van der Waals surface area contributed by atoms with Crippen molar-refractivity contribution in [2.24, 2.45) is 0 Å². The predicted octanol–water partition coefficient (Wildman–Crippen LogP) is 4.71. The molecule has 0 aliphatic carbocycles. The van der Waals surface area contributed by atoms with E-state index < -0.39 is 0 Å². The summed E-state index contributed by atoms with van der Waals surface area (Å²) < 4.78 is 13.1. The van der Waals surface area contributed by atoms with Crippen molar-refractivity contribution in [3.05, 3.63) is 63.9 Å². The summed E-state index contributed by atoms with van der Waals surface area (Å²) in [5.41, 5.74) is 4.18. The molecule has 0 fully saturated rings. The minimum atomic E-state index is -0.266. The van der Waals surface area contributed by atoms with Crippen molar-refractivity contribution in [3.63, 3.8) is 0 Å². The highest BCUT2D eigenvalue weighted by Crippen LogP contribution is 2.22. The van der Waals surface area contributed by atoms with Gasteiger partial charge in [-0.2, -0.15) is 0 Å². The van der Waals surface area contributed by atoms with E-state index in [9.17, 15) is 4.39 Å². The zero-order chi connectivity index (χ0) is 13.1. The van der Waals surface area contributed by atoms with Gasteiger partial charge in [0.1, 0.15) is 5.82 Å². The van der Waals surface area contributed by atoms with Gasteiger partial charge in [-0.05, 0) is 48.7 Å². The van der Waals surface area contributed by atoms with Crippen LogP contribution in [0.1, 0.15) is 16.7 Å². The molecule has 3 heteroatoms. The minimum Gasteiger partial charge on any atom is -0.380 e. The summed E-state index contributed by atoms with van der Waals surface area (Å²) >= 11 is 6.04. The molecular formula is C15H15ClFN. The summed E-state index contributed by atoms with van der Waals surface area (Å²) in [6, 6.07) is 10.5. The van der Waals surface area contributed by atoms with Crippen LogP contribution in [0, 0.1) is 19.7 Å². The van der Waals surface area contributed by atoms with Gasteiger partial charge in [0.05, 0.1) is 0 Å². The van der Waals surface area contributed by atoms with Gasteiger partial charge in [0.15, 0.2) is 0 Å². The largest absolute Gasteiger partial charge is 0.380 e. The fourth-order valence-corrected chi connectivity index (χ4v) is 2.14. The number of nitrogens with one attached hydrogen (secondary N) is 1. The average Bonchev–Trinajstić information content (AvgIpc) is 2.33. The molecule has 0 heterocycles. The van der Waals surface area contributed by atoms with Crippen molar-refractivity contribution in [3.8, 4) is 0 Å². The first kappa shape index (κ1) is 12.9. The number of para-hydroxylation sites is 1. The second-order valence-corrected chi connectivity index (χ2v) is 4.76. The van der Waals surface area contributed by atoms with Gasteiger partial charge >= 0.3 is 0 Å². The van der Waals surface area contributed by atoms with E-state index in [-0.39, 0.29) is 5.82 Å². The molecule has 0 aliphatic heterocycles. The molecule has 18 heavy (non-hydrogen) atoms. The molecule has 0 aliphatic rings. The van der Waals surface area contributed by atoms with Crippen LogP contribution in [0.2, 0.25) is 5.02 Å². The van der Waals surface area contributed by atoms with Gasteiger partial charge in [0.25, 0.3) is 0 Å². The molecule has 0 saturated heterocycles. The Balaban J connectivity index is 2.19. The SMILES string of the molecule is Cc1cccc(C)c1NCc1cc(F)ccc1Cl. The van der Waals surface area contributed by atoms with Gasteiger partial charge in [0, 0.05) is 17.3 Å². The fourth-order valence-electron chi connectivity index (χ4n) is 1.96. The van der Waals surface area contributed by atoms with Crippen molar-refractivity contribution in [1.82, 2.24) is 0 Å². The van der Waals surface area contributed by atoms with Crippen LogP contribution in [0.5, 0.6) is 0 Å². The highest BCUT2D eigenvalue weighted by Gasteiger charge is 2.05. The molecule has 0 saturated carbocycles. The van der Waals surface area contributed by atoms with Gasteiger partial charge in [-0.3, -0.25) is 0 Å². The quantitative estimate of drug-likeness (QED) is 0.846. The third kappa shape index (κ3) is 2.82. The maximum atomic E-state index is 13.1. The number of halogens is 2. The zero-order valence-corrected chi connectivity index (χ0v) is 11.2. The molecule has 0 spiro atoms. The first-order valence-corrected chi connectivity index (χ1v) is 6.20. The summed E-state index contributed by atoms with van der Waals surface area (Å²) in [7, 11) is 0. The first-order valence-electron chi connectivity index (χ1n) is 5.82. The van der Waals surface area contributed by atoms with Crippen LogP contribution >= 0.6 is 11.6 Å². The molecule has 2 aromatic carbocycles. The second-order valence-electron chi connectivity index (χ2n) is 4.36. The van der Waals surface area contributed by atoms with E-state index in [1.807, 2.05) is 32.0 Å². The van der Waals surface area contributed by atoms with E-state index in [1.54, 1.807) is 6.07 Å². The van der Waals surface area contributed by atoms with Crippen LogP contribution in [0.3, 0.4) is 0 Å². The summed E-state index contributed by atoms with van der Waals surface area (Å²) in [6.45, 7) is 4.60. The molecule has 2 rings (SSSR count).